The van der Waals surface area contributed by atoms with Crippen LogP contribution in [0.1, 0.15) is 21.0 Å². The van der Waals surface area contributed by atoms with Crippen LogP contribution in [0.4, 0.5) is 5.69 Å². The molecule has 0 unspecified atom stereocenters. The highest BCUT2D eigenvalue weighted by Crippen LogP contribution is 2.40. The molecule has 0 saturated heterocycles. The van der Waals surface area contributed by atoms with E-state index in [1.807, 2.05) is 38.1 Å². The van der Waals surface area contributed by atoms with Crippen molar-refractivity contribution in [3.8, 4) is 23.0 Å². The van der Waals surface area contributed by atoms with Crippen molar-refractivity contribution in [2.45, 2.75) is 13.8 Å². The summed E-state index contributed by atoms with van der Waals surface area (Å²) in [7, 11) is 1.57. The Morgan fingerprint density at radius 1 is 1.26 bits per heavy atom. The number of carbonyl (C=O) groups excluding carboxylic acids is 1. The molecule has 0 aliphatic rings. The zero-order valence-electron chi connectivity index (χ0n) is 15.0. The van der Waals surface area contributed by atoms with E-state index in [0.29, 0.717) is 43.8 Å². The van der Waals surface area contributed by atoms with Crippen molar-refractivity contribution in [1.29, 1.82) is 0 Å². The molecule has 0 aliphatic carbocycles. The van der Waals surface area contributed by atoms with Gasteiger partial charge in [0.2, 0.25) is 0 Å². The van der Waals surface area contributed by atoms with Gasteiger partial charge < -0.3 is 15.5 Å². The van der Waals surface area contributed by atoms with Crippen LogP contribution in [-0.2, 0) is 0 Å². The van der Waals surface area contributed by atoms with Crippen molar-refractivity contribution in [2.75, 3.05) is 12.8 Å². The van der Waals surface area contributed by atoms with Gasteiger partial charge in [0, 0.05) is 13.2 Å². The zero-order valence-corrected chi connectivity index (χ0v) is 15.8. The molecular formula is C19H17N5O2S. The number of aryl methyl sites for hydroxylation is 2. The fourth-order valence-electron chi connectivity index (χ4n) is 2.78. The summed E-state index contributed by atoms with van der Waals surface area (Å²) in [6.45, 7) is 3.86. The molecule has 0 spiro atoms. The fraction of sp³-hybridized carbons (Fsp3) is 0.158. The zero-order chi connectivity index (χ0) is 19.1. The largest absolute Gasteiger partial charge is 0.459 e. The first-order chi connectivity index (χ1) is 13.0. The third kappa shape index (κ3) is 2.83. The average Bonchev–Trinajstić information content (AvgIpc) is 3.20. The Morgan fingerprint density at radius 3 is 2.70 bits per heavy atom. The number of hydrogen-bond acceptors (Lipinski definition) is 7. The molecule has 4 aromatic rings. The van der Waals surface area contributed by atoms with Gasteiger partial charge in [0.1, 0.15) is 26.9 Å². The van der Waals surface area contributed by atoms with E-state index in [1.54, 1.807) is 13.2 Å². The van der Waals surface area contributed by atoms with Crippen LogP contribution >= 0.6 is 11.3 Å². The lowest BCUT2D eigenvalue weighted by Crippen LogP contribution is -2.17. The maximum atomic E-state index is 12.2. The van der Waals surface area contributed by atoms with E-state index in [2.05, 4.69) is 20.3 Å². The smallest absolute Gasteiger partial charge is 0.263 e. The van der Waals surface area contributed by atoms with Crippen LogP contribution in [0.5, 0.6) is 0 Å². The average molecular weight is 379 g/mol. The number of nitrogens with two attached hydrogens (primary N) is 1. The molecule has 7 nitrogen and oxygen atoms in total. The van der Waals surface area contributed by atoms with E-state index >= 15 is 0 Å². The standard InChI is InChI=1S/C19H17N5O2S/c1-9-8-12(26-10(9)2)15-13-14(20)16(18(25)21-3)27-19(13)24-17(23-15)11-6-4-5-7-22-11/h4-8H,20H2,1-3H3,(H,21,25). The number of nitrogens with one attached hydrogen (secondary N) is 1. The summed E-state index contributed by atoms with van der Waals surface area (Å²) < 4.78 is 5.89. The molecule has 0 radical (unpaired) electrons. The number of thiophene rings is 1. The van der Waals surface area contributed by atoms with E-state index in [0.717, 1.165) is 11.3 Å². The maximum absolute atomic E-state index is 12.2. The van der Waals surface area contributed by atoms with Crippen molar-refractivity contribution < 1.29 is 9.21 Å². The highest BCUT2D eigenvalue weighted by molar-refractivity contribution is 7.21. The van der Waals surface area contributed by atoms with Crippen molar-refractivity contribution in [2.24, 2.45) is 0 Å². The third-order valence-corrected chi connectivity index (χ3v) is 5.41. The van der Waals surface area contributed by atoms with Crippen LogP contribution in [0, 0.1) is 13.8 Å². The summed E-state index contributed by atoms with van der Waals surface area (Å²) in [5, 5.41) is 3.23. The number of carbonyl (C=O) groups is 1. The SMILES string of the molecule is CNC(=O)c1sc2nc(-c3ccccn3)nc(-c3cc(C)c(C)o3)c2c1N. The van der Waals surface area contributed by atoms with Gasteiger partial charge in [0.15, 0.2) is 11.6 Å². The predicted molar refractivity (Wildman–Crippen MR) is 106 cm³/mol. The highest BCUT2D eigenvalue weighted by atomic mass is 32.1. The molecule has 0 saturated carbocycles. The normalized spacial score (nSPS) is 11.1. The Kier molecular flexibility index (Phi) is 4.12. The van der Waals surface area contributed by atoms with Crippen LogP contribution in [0.3, 0.4) is 0 Å². The molecule has 0 fully saturated rings. The monoisotopic (exact) mass is 379 g/mol. The molecule has 4 aromatic heterocycles. The molecule has 8 heteroatoms. The quantitative estimate of drug-likeness (QED) is 0.563. The number of aromatic nitrogens is 3. The molecule has 0 aliphatic heterocycles. The Labute approximate surface area is 159 Å². The van der Waals surface area contributed by atoms with Crippen molar-refractivity contribution in [1.82, 2.24) is 20.3 Å². The molecule has 136 valence electrons. The number of nitrogens with zero attached hydrogens (tertiary/aromatic N) is 3. The molecule has 0 aromatic carbocycles. The molecular weight excluding hydrogens is 362 g/mol. The second kappa shape index (κ2) is 6.48. The number of hydrogen-bond donors (Lipinski definition) is 2. The van der Waals surface area contributed by atoms with Gasteiger partial charge in [-0.15, -0.1) is 11.3 Å². The fourth-order valence-corrected chi connectivity index (χ4v) is 3.82. The summed E-state index contributed by atoms with van der Waals surface area (Å²) in [5.74, 6) is 1.58. The molecule has 0 bridgehead atoms. The summed E-state index contributed by atoms with van der Waals surface area (Å²) >= 11 is 1.23. The second-order valence-electron chi connectivity index (χ2n) is 6.06. The summed E-state index contributed by atoms with van der Waals surface area (Å²) in [5.41, 5.74) is 8.85. The molecule has 27 heavy (non-hydrogen) atoms. The van der Waals surface area contributed by atoms with Gasteiger partial charge >= 0.3 is 0 Å². The van der Waals surface area contributed by atoms with Gasteiger partial charge in [-0.1, -0.05) is 6.07 Å². The number of rotatable bonds is 3. The first-order valence-corrected chi connectivity index (χ1v) is 9.12. The van der Waals surface area contributed by atoms with Gasteiger partial charge in [0.25, 0.3) is 5.91 Å². The summed E-state index contributed by atoms with van der Waals surface area (Å²) in [6.07, 6.45) is 1.68. The molecule has 4 rings (SSSR count). The van der Waals surface area contributed by atoms with E-state index < -0.39 is 0 Å². The lowest BCUT2D eigenvalue weighted by molar-refractivity contribution is 0.0968. The van der Waals surface area contributed by atoms with Crippen LogP contribution in [0.2, 0.25) is 0 Å². The van der Waals surface area contributed by atoms with Gasteiger partial charge in [0.05, 0.1) is 11.1 Å². The van der Waals surface area contributed by atoms with Crippen LogP contribution in [0.25, 0.3) is 33.2 Å². The number of pyridine rings is 1. The van der Waals surface area contributed by atoms with E-state index in [4.69, 9.17) is 10.2 Å². The van der Waals surface area contributed by atoms with Crippen molar-refractivity contribution in [3.05, 3.63) is 46.7 Å². The number of nitrogen functional groups attached to an aromatic ring is 1. The number of fused-ring (bicyclic) bond motifs is 1. The minimum Gasteiger partial charge on any atom is -0.459 e. The van der Waals surface area contributed by atoms with Crippen LogP contribution < -0.4 is 11.1 Å². The van der Waals surface area contributed by atoms with Gasteiger partial charge in [-0.3, -0.25) is 9.78 Å². The molecule has 4 heterocycles. The summed E-state index contributed by atoms with van der Waals surface area (Å²) in [6, 6.07) is 7.45. The van der Waals surface area contributed by atoms with E-state index in [1.165, 1.54) is 11.3 Å². The van der Waals surface area contributed by atoms with Gasteiger partial charge in [-0.2, -0.15) is 0 Å². The Morgan fingerprint density at radius 2 is 2.07 bits per heavy atom. The maximum Gasteiger partial charge on any atom is 0.263 e. The van der Waals surface area contributed by atoms with Gasteiger partial charge in [-0.25, -0.2) is 9.97 Å². The highest BCUT2D eigenvalue weighted by Gasteiger charge is 2.24. The lowest BCUT2D eigenvalue weighted by Gasteiger charge is -2.05. The number of furan rings is 1. The summed E-state index contributed by atoms with van der Waals surface area (Å²) in [4.78, 5) is 26.8. The first kappa shape index (κ1) is 17.2. The lowest BCUT2D eigenvalue weighted by atomic mass is 10.1. The van der Waals surface area contributed by atoms with Crippen molar-refractivity contribution in [3.63, 3.8) is 0 Å². The Hall–Kier alpha value is -3.26. The minimum atomic E-state index is -0.257. The minimum absolute atomic E-state index is 0.257. The predicted octanol–water partition coefficient (Wildman–Crippen LogP) is 3.57. The Balaban J connectivity index is 2.05. The number of amides is 1. The topological polar surface area (TPSA) is 107 Å². The van der Waals surface area contributed by atoms with Crippen molar-refractivity contribution >= 4 is 33.1 Å². The second-order valence-corrected chi connectivity index (χ2v) is 7.06. The Bertz CT molecular complexity index is 1140. The number of anilines is 1. The van der Waals surface area contributed by atoms with Gasteiger partial charge in [-0.05, 0) is 37.6 Å². The molecule has 1 amide bonds. The first-order valence-electron chi connectivity index (χ1n) is 8.30. The molecule has 3 N–H and O–H groups in total. The van der Waals surface area contributed by atoms with Crippen LogP contribution in [-0.4, -0.2) is 27.9 Å². The van der Waals surface area contributed by atoms with Crippen LogP contribution in [0.15, 0.2) is 34.9 Å². The van der Waals surface area contributed by atoms with E-state index in [9.17, 15) is 4.79 Å². The molecule has 0 atom stereocenters. The van der Waals surface area contributed by atoms with E-state index in [-0.39, 0.29) is 5.91 Å². The third-order valence-electron chi connectivity index (χ3n) is 4.32.